The number of hydrogen-bond donors (Lipinski definition) is 1. The highest BCUT2D eigenvalue weighted by molar-refractivity contribution is 6.33. The zero-order valence-electron chi connectivity index (χ0n) is 11.5. The first-order valence-corrected chi connectivity index (χ1v) is 6.67. The maximum atomic E-state index is 10.9. The summed E-state index contributed by atoms with van der Waals surface area (Å²) in [6.07, 6.45) is 0.988. The highest BCUT2D eigenvalue weighted by atomic mass is 35.5. The van der Waals surface area contributed by atoms with Crippen molar-refractivity contribution in [3.63, 3.8) is 0 Å². The second kappa shape index (κ2) is 7.36. The Morgan fingerprint density at radius 1 is 1.53 bits per heavy atom. The standard InChI is InChI=1S/C14H20ClNO3/c1-4-10(2)16(7-8-19-3)11-5-6-12(14(17)18)13(15)9-11/h5-6,9-10H,4,7-8H2,1-3H3,(H,17,18). The summed E-state index contributed by atoms with van der Waals surface area (Å²) in [7, 11) is 1.66. The van der Waals surface area contributed by atoms with Gasteiger partial charge in [0.1, 0.15) is 0 Å². The van der Waals surface area contributed by atoms with Gasteiger partial charge in [0.2, 0.25) is 0 Å². The SMILES string of the molecule is CCC(C)N(CCOC)c1ccc(C(=O)O)c(Cl)c1. The Morgan fingerprint density at radius 3 is 2.68 bits per heavy atom. The topological polar surface area (TPSA) is 49.8 Å². The number of hydrogen-bond acceptors (Lipinski definition) is 3. The molecule has 1 atom stereocenters. The number of methoxy groups -OCH3 is 1. The molecule has 0 aliphatic rings. The molecule has 106 valence electrons. The van der Waals surface area contributed by atoms with E-state index in [1.165, 1.54) is 0 Å². The van der Waals surface area contributed by atoms with E-state index in [0.717, 1.165) is 18.7 Å². The highest BCUT2D eigenvalue weighted by Gasteiger charge is 2.16. The smallest absolute Gasteiger partial charge is 0.337 e. The number of nitrogens with zero attached hydrogens (tertiary/aromatic N) is 1. The van der Waals surface area contributed by atoms with Crippen LogP contribution in [0.25, 0.3) is 0 Å². The summed E-state index contributed by atoms with van der Waals surface area (Å²) in [5.74, 6) is -1.01. The third kappa shape index (κ3) is 4.11. The molecule has 0 heterocycles. The van der Waals surface area contributed by atoms with Crippen molar-refractivity contribution in [2.45, 2.75) is 26.3 Å². The minimum Gasteiger partial charge on any atom is -0.478 e. The summed E-state index contributed by atoms with van der Waals surface area (Å²) in [5.41, 5.74) is 1.04. The van der Waals surface area contributed by atoms with Crippen LogP contribution in [0, 0.1) is 0 Å². The van der Waals surface area contributed by atoms with Crippen LogP contribution < -0.4 is 4.90 Å². The minimum atomic E-state index is -1.01. The van der Waals surface area contributed by atoms with Gasteiger partial charge in [-0.05, 0) is 31.5 Å². The predicted molar refractivity (Wildman–Crippen MR) is 77.4 cm³/mol. The third-order valence-electron chi connectivity index (χ3n) is 3.17. The number of carboxylic acids is 1. The summed E-state index contributed by atoms with van der Waals surface area (Å²) < 4.78 is 5.11. The monoisotopic (exact) mass is 285 g/mol. The lowest BCUT2D eigenvalue weighted by molar-refractivity contribution is 0.0697. The number of benzene rings is 1. The van der Waals surface area contributed by atoms with E-state index in [2.05, 4.69) is 18.7 Å². The first kappa shape index (κ1) is 15.8. The molecule has 5 heteroatoms. The highest BCUT2D eigenvalue weighted by Crippen LogP contribution is 2.25. The number of ether oxygens (including phenoxy) is 1. The van der Waals surface area contributed by atoms with Crippen molar-refractivity contribution in [3.05, 3.63) is 28.8 Å². The fourth-order valence-corrected chi connectivity index (χ4v) is 2.13. The van der Waals surface area contributed by atoms with Gasteiger partial charge in [-0.15, -0.1) is 0 Å². The number of aromatic carboxylic acids is 1. The van der Waals surface area contributed by atoms with Gasteiger partial charge >= 0.3 is 5.97 Å². The normalized spacial score (nSPS) is 12.2. The van der Waals surface area contributed by atoms with Crippen molar-refractivity contribution in [2.24, 2.45) is 0 Å². The zero-order valence-corrected chi connectivity index (χ0v) is 12.3. The molecular formula is C14H20ClNO3. The Balaban J connectivity index is 3.02. The van der Waals surface area contributed by atoms with Gasteiger partial charge in [0.05, 0.1) is 17.2 Å². The van der Waals surface area contributed by atoms with Crippen molar-refractivity contribution in [3.8, 4) is 0 Å². The number of rotatable bonds is 7. The first-order chi connectivity index (χ1) is 9.01. The van der Waals surface area contributed by atoms with Gasteiger partial charge in [0, 0.05) is 25.4 Å². The molecule has 0 saturated heterocycles. The van der Waals surface area contributed by atoms with Gasteiger partial charge in [0.25, 0.3) is 0 Å². The summed E-state index contributed by atoms with van der Waals surface area (Å²) in [6.45, 7) is 5.59. The number of anilines is 1. The molecule has 1 aromatic rings. The molecule has 4 nitrogen and oxygen atoms in total. The van der Waals surface area contributed by atoms with Crippen LogP contribution in [-0.4, -0.2) is 37.4 Å². The second-order valence-corrected chi connectivity index (χ2v) is 4.82. The Kier molecular flexibility index (Phi) is 6.12. The van der Waals surface area contributed by atoms with Crippen LogP contribution in [0.4, 0.5) is 5.69 Å². The lowest BCUT2D eigenvalue weighted by atomic mass is 10.1. The molecule has 0 aliphatic heterocycles. The molecule has 0 amide bonds. The first-order valence-electron chi connectivity index (χ1n) is 6.29. The average molecular weight is 286 g/mol. The predicted octanol–water partition coefficient (Wildman–Crippen LogP) is 3.29. The lowest BCUT2D eigenvalue weighted by Crippen LogP contribution is -2.35. The molecule has 1 unspecified atom stereocenters. The molecule has 0 aliphatic carbocycles. The molecule has 1 aromatic carbocycles. The molecule has 0 radical (unpaired) electrons. The van der Waals surface area contributed by atoms with E-state index in [1.54, 1.807) is 25.3 Å². The maximum absolute atomic E-state index is 10.9. The van der Waals surface area contributed by atoms with Crippen LogP contribution in [0.15, 0.2) is 18.2 Å². The van der Waals surface area contributed by atoms with E-state index < -0.39 is 5.97 Å². The molecule has 0 spiro atoms. The maximum Gasteiger partial charge on any atom is 0.337 e. The summed E-state index contributed by atoms with van der Waals surface area (Å²) >= 11 is 6.01. The van der Waals surface area contributed by atoms with Crippen molar-refractivity contribution < 1.29 is 14.6 Å². The van der Waals surface area contributed by atoms with E-state index in [4.69, 9.17) is 21.4 Å². The quantitative estimate of drug-likeness (QED) is 0.835. The second-order valence-electron chi connectivity index (χ2n) is 4.41. The molecule has 1 N–H and O–H groups in total. The summed E-state index contributed by atoms with van der Waals surface area (Å²) in [5, 5.41) is 9.23. The van der Waals surface area contributed by atoms with Gasteiger partial charge < -0.3 is 14.7 Å². The Labute approximate surface area is 118 Å². The van der Waals surface area contributed by atoms with Crippen molar-refractivity contribution in [2.75, 3.05) is 25.2 Å². The fourth-order valence-electron chi connectivity index (χ4n) is 1.87. The largest absolute Gasteiger partial charge is 0.478 e. The Morgan fingerprint density at radius 2 is 2.21 bits per heavy atom. The Hall–Kier alpha value is -1.26. The molecule has 0 bridgehead atoms. The van der Waals surface area contributed by atoms with Crippen LogP contribution in [-0.2, 0) is 4.74 Å². The molecular weight excluding hydrogens is 266 g/mol. The van der Waals surface area contributed by atoms with Gasteiger partial charge in [-0.3, -0.25) is 0 Å². The number of carboxylic acid groups (broad SMARTS) is 1. The van der Waals surface area contributed by atoms with Gasteiger partial charge in [-0.25, -0.2) is 4.79 Å². The molecule has 19 heavy (non-hydrogen) atoms. The zero-order chi connectivity index (χ0) is 14.4. The van der Waals surface area contributed by atoms with E-state index >= 15 is 0 Å². The number of halogens is 1. The van der Waals surface area contributed by atoms with E-state index in [1.807, 2.05) is 0 Å². The molecule has 0 fully saturated rings. The van der Waals surface area contributed by atoms with Crippen molar-refractivity contribution in [1.82, 2.24) is 0 Å². The fraction of sp³-hybridized carbons (Fsp3) is 0.500. The van der Waals surface area contributed by atoms with Crippen LogP contribution in [0.1, 0.15) is 30.6 Å². The third-order valence-corrected chi connectivity index (χ3v) is 3.49. The van der Waals surface area contributed by atoms with Crippen LogP contribution in [0.5, 0.6) is 0 Å². The minimum absolute atomic E-state index is 0.126. The van der Waals surface area contributed by atoms with Crippen LogP contribution >= 0.6 is 11.6 Å². The van der Waals surface area contributed by atoms with Crippen LogP contribution in [0.3, 0.4) is 0 Å². The average Bonchev–Trinajstić information content (AvgIpc) is 2.38. The van der Waals surface area contributed by atoms with E-state index in [-0.39, 0.29) is 10.6 Å². The summed E-state index contributed by atoms with van der Waals surface area (Å²) in [6, 6.07) is 5.37. The van der Waals surface area contributed by atoms with E-state index in [0.29, 0.717) is 12.6 Å². The lowest BCUT2D eigenvalue weighted by Gasteiger charge is -2.30. The van der Waals surface area contributed by atoms with Gasteiger partial charge in [-0.2, -0.15) is 0 Å². The number of carbonyl (C=O) groups is 1. The molecule has 0 aromatic heterocycles. The van der Waals surface area contributed by atoms with Crippen molar-refractivity contribution >= 4 is 23.3 Å². The molecule has 0 saturated carbocycles. The van der Waals surface area contributed by atoms with Gasteiger partial charge in [0.15, 0.2) is 0 Å². The van der Waals surface area contributed by atoms with E-state index in [9.17, 15) is 4.79 Å². The van der Waals surface area contributed by atoms with Crippen molar-refractivity contribution in [1.29, 1.82) is 0 Å². The Bertz CT molecular complexity index is 437. The van der Waals surface area contributed by atoms with Crippen LogP contribution in [0.2, 0.25) is 5.02 Å². The summed E-state index contributed by atoms with van der Waals surface area (Å²) in [4.78, 5) is 13.1. The molecule has 1 rings (SSSR count). The van der Waals surface area contributed by atoms with Gasteiger partial charge in [-0.1, -0.05) is 18.5 Å².